The maximum atomic E-state index is 6.06. The molecule has 0 aromatic heterocycles. The van der Waals surface area contributed by atoms with Gasteiger partial charge in [-0.15, -0.1) is 0 Å². The highest BCUT2D eigenvalue weighted by Crippen LogP contribution is 2.29. The summed E-state index contributed by atoms with van der Waals surface area (Å²) in [6.07, 6.45) is 5.06. The monoisotopic (exact) mass is 253 g/mol. The van der Waals surface area contributed by atoms with Crippen LogP contribution < -0.4 is 5.73 Å². The molecule has 4 heteroatoms. The molecule has 2 rings (SSSR count). The highest BCUT2D eigenvalue weighted by Gasteiger charge is 2.39. The fraction of sp³-hybridized carbons (Fsp3) is 0.929. The number of rotatable bonds is 5. The van der Waals surface area contributed by atoms with E-state index in [0.29, 0.717) is 12.1 Å². The van der Waals surface area contributed by atoms with Crippen LogP contribution in [0, 0.1) is 5.92 Å². The molecule has 0 aliphatic carbocycles. The number of nitrogens with zero attached hydrogens (tertiary/aromatic N) is 2. The minimum Gasteiger partial charge on any atom is -0.376 e. The van der Waals surface area contributed by atoms with Crippen molar-refractivity contribution in [3.05, 3.63) is 0 Å². The van der Waals surface area contributed by atoms with Crippen LogP contribution >= 0.6 is 0 Å². The molecule has 2 heterocycles. The molecule has 2 aliphatic heterocycles. The van der Waals surface area contributed by atoms with Gasteiger partial charge in [-0.1, -0.05) is 13.8 Å². The number of ether oxygens (including phenoxy) is 1. The SMILES string of the molecule is CC(C)CCC1(C)CN=C(N)N1CC1CCCO1. The van der Waals surface area contributed by atoms with Gasteiger partial charge in [0.1, 0.15) is 0 Å². The molecule has 0 saturated carbocycles. The summed E-state index contributed by atoms with van der Waals surface area (Å²) in [4.78, 5) is 6.74. The molecule has 0 spiro atoms. The van der Waals surface area contributed by atoms with Crippen LogP contribution in [0.2, 0.25) is 0 Å². The van der Waals surface area contributed by atoms with E-state index in [9.17, 15) is 0 Å². The van der Waals surface area contributed by atoms with Gasteiger partial charge in [0.05, 0.1) is 18.2 Å². The Morgan fingerprint density at radius 3 is 2.94 bits per heavy atom. The second-order valence-electron chi connectivity index (χ2n) is 6.35. The quantitative estimate of drug-likeness (QED) is 0.815. The van der Waals surface area contributed by atoms with E-state index in [1.54, 1.807) is 0 Å². The van der Waals surface area contributed by atoms with E-state index in [2.05, 4.69) is 30.7 Å². The molecule has 0 radical (unpaired) electrons. The van der Waals surface area contributed by atoms with Crippen LogP contribution in [0.3, 0.4) is 0 Å². The molecule has 104 valence electrons. The molecule has 0 aromatic carbocycles. The van der Waals surface area contributed by atoms with Crippen molar-refractivity contribution in [3.8, 4) is 0 Å². The first-order chi connectivity index (χ1) is 8.51. The molecule has 2 atom stereocenters. The standard InChI is InChI=1S/C14H27N3O/c1-11(2)6-7-14(3)10-16-13(15)17(14)9-12-5-4-8-18-12/h11-12H,4-10H2,1-3H3,(H2,15,16). The van der Waals surface area contributed by atoms with Crippen molar-refractivity contribution < 1.29 is 4.74 Å². The molecule has 2 unspecified atom stereocenters. The maximum absolute atomic E-state index is 6.06. The third kappa shape index (κ3) is 2.97. The van der Waals surface area contributed by atoms with Gasteiger partial charge in [0.15, 0.2) is 5.96 Å². The van der Waals surface area contributed by atoms with E-state index < -0.39 is 0 Å². The van der Waals surface area contributed by atoms with Crippen molar-refractivity contribution in [2.75, 3.05) is 19.7 Å². The lowest BCUT2D eigenvalue weighted by Gasteiger charge is -2.38. The zero-order valence-electron chi connectivity index (χ0n) is 12.0. The van der Waals surface area contributed by atoms with Crippen LogP contribution in [0.15, 0.2) is 4.99 Å². The zero-order chi connectivity index (χ0) is 13.2. The summed E-state index contributed by atoms with van der Waals surface area (Å²) >= 11 is 0. The van der Waals surface area contributed by atoms with E-state index in [1.807, 2.05) is 0 Å². The van der Waals surface area contributed by atoms with Crippen LogP contribution in [0.25, 0.3) is 0 Å². The van der Waals surface area contributed by atoms with Gasteiger partial charge in [0, 0.05) is 13.2 Å². The van der Waals surface area contributed by atoms with Gasteiger partial charge in [-0.2, -0.15) is 0 Å². The van der Waals surface area contributed by atoms with E-state index in [-0.39, 0.29) is 5.54 Å². The largest absolute Gasteiger partial charge is 0.376 e. The topological polar surface area (TPSA) is 50.8 Å². The first-order valence-electron chi connectivity index (χ1n) is 7.20. The Kier molecular flexibility index (Phi) is 4.15. The highest BCUT2D eigenvalue weighted by molar-refractivity contribution is 5.81. The Bertz CT molecular complexity index is 310. The van der Waals surface area contributed by atoms with Gasteiger partial charge in [-0.05, 0) is 38.5 Å². The molecule has 1 fully saturated rings. The Morgan fingerprint density at radius 2 is 2.33 bits per heavy atom. The first-order valence-corrected chi connectivity index (χ1v) is 7.20. The summed E-state index contributed by atoms with van der Waals surface area (Å²) in [5.74, 6) is 1.44. The molecule has 2 N–H and O–H groups in total. The van der Waals surface area contributed by atoms with E-state index >= 15 is 0 Å². The number of guanidine groups is 1. The van der Waals surface area contributed by atoms with Crippen molar-refractivity contribution in [2.24, 2.45) is 16.6 Å². The fourth-order valence-electron chi connectivity index (χ4n) is 2.82. The minimum atomic E-state index is 0.0975. The average Bonchev–Trinajstić information content (AvgIpc) is 2.91. The fourth-order valence-corrected chi connectivity index (χ4v) is 2.82. The Morgan fingerprint density at radius 1 is 1.56 bits per heavy atom. The van der Waals surface area contributed by atoms with Crippen molar-refractivity contribution in [1.29, 1.82) is 0 Å². The van der Waals surface area contributed by atoms with Crippen LogP contribution in [-0.2, 0) is 4.74 Å². The Balaban J connectivity index is 1.96. The average molecular weight is 253 g/mol. The van der Waals surface area contributed by atoms with Gasteiger partial charge < -0.3 is 15.4 Å². The molecule has 0 amide bonds. The van der Waals surface area contributed by atoms with Crippen molar-refractivity contribution in [2.45, 2.75) is 58.1 Å². The number of hydrogen-bond donors (Lipinski definition) is 1. The molecule has 4 nitrogen and oxygen atoms in total. The molecule has 0 aromatic rings. The molecular formula is C14H27N3O. The van der Waals surface area contributed by atoms with E-state index in [0.717, 1.165) is 38.5 Å². The lowest BCUT2D eigenvalue weighted by atomic mass is 9.91. The summed E-state index contributed by atoms with van der Waals surface area (Å²) in [7, 11) is 0. The van der Waals surface area contributed by atoms with Crippen LogP contribution in [0.1, 0.15) is 46.5 Å². The second kappa shape index (κ2) is 5.47. The van der Waals surface area contributed by atoms with Gasteiger partial charge in [0.2, 0.25) is 0 Å². The van der Waals surface area contributed by atoms with E-state index in [4.69, 9.17) is 10.5 Å². The van der Waals surface area contributed by atoms with Gasteiger partial charge >= 0.3 is 0 Å². The van der Waals surface area contributed by atoms with Gasteiger partial charge in [0.25, 0.3) is 0 Å². The number of nitrogens with two attached hydrogens (primary N) is 1. The van der Waals surface area contributed by atoms with Crippen LogP contribution in [0.4, 0.5) is 0 Å². The summed E-state index contributed by atoms with van der Waals surface area (Å²) in [5, 5.41) is 0. The Hall–Kier alpha value is -0.770. The predicted octanol–water partition coefficient (Wildman–Crippen LogP) is 1.99. The smallest absolute Gasteiger partial charge is 0.191 e. The van der Waals surface area contributed by atoms with Gasteiger partial charge in [-0.25, -0.2) is 0 Å². The lowest BCUT2D eigenvalue weighted by molar-refractivity contribution is 0.0661. The van der Waals surface area contributed by atoms with Crippen molar-refractivity contribution in [1.82, 2.24) is 4.90 Å². The zero-order valence-corrected chi connectivity index (χ0v) is 12.0. The predicted molar refractivity (Wildman–Crippen MR) is 74.6 cm³/mol. The molecule has 0 bridgehead atoms. The summed E-state index contributed by atoms with van der Waals surface area (Å²) in [5.41, 5.74) is 6.16. The molecular weight excluding hydrogens is 226 g/mol. The van der Waals surface area contributed by atoms with Crippen LogP contribution in [-0.4, -0.2) is 42.2 Å². The number of aliphatic imine (C=N–C) groups is 1. The third-order valence-electron chi connectivity index (χ3n) is 4.18. The van der Waals surface area contributed by atoms with Crippen molar-refractivity contribution in [3.63, 3.8) is 0 Å². The summed E-state index contributed by atoms with van der Waals surface area (Å²) in [6.45, 7) is 9.47. The third-order valence-corrected chi connectivity index (χ3v) is 4.18. The maximum Gasteiger partial charge on any atom is 0.191 e. The first kappa shape index (κ1) is 13.7. The second-order valence-corrected chi connectivity index (χ2v) is 6.35. The number of hydrogen-bond acceptors (Lipinski definition) is 4. The lowest BCUT2D eigenvalue weighted by Crippen LogP contribution is -2.52. The highest BCUT2D eigenvalue weighted by atomic mass is 16.5. The molecule has 1 saturated heterocycles. The van der Waals surface area contributed by atoms with E-state index in [1.165, 1.54) is 12.8 Å². The normalized spacial score (nSPS) is 32.3. The molecule has 2 aliphatic rings. The van der Waals surface area contributed by atoms with Crippen molar-refractivity contribution >= 4 is 5.96 Å². The minimum absolute atomic E-state index is 0.0975. The Labute approximate surface area is 111 Å². The molecule has 18 heavy (non-hydrogen) atoms. The van der Waals surface area contributed by atoms with Crippen LogP contribution in [0.5, 0.6) is 0 Å². The summed E-state index contributed by atoms with van der Waals surface area (Å²) in [6, 6.07) is 0. The van der Waals surface area contributed by atoms with Gasteiger partial charge in [-0.3, -0.25) is 4.99 Å². The summed E-state index contributed by atoms with van der Waals surface area (Å²) < 4.78 is 5.73.